The number of rotatable bonds is 55. The zero-order chi connectivity index (χ0) is 49.3. The van der Waals surface area contributed by atoms with Gasteiger partial charge in [0.1, 0.15) is 13.2 Å². The van der Waals surface area contributed by atoms with Crippen molar-refractivity contribution in [2.75, 3.05) is 13.2 Å². The van der Waals surface area contributed by atoms with Gasteiger partial charge in [0.25, 0.3) is 0 Å². The van der Waals surface area contributed by atoms with E-state index < -0.39 is 6.10 Å². The molecule has 0 aromatic rings. The molecule has 398 valence electrons. The topological polar surface area (TPSA) is 78.9 Å². The summed E-state index contributed by atoms with van der Waals surface area (Å²) in [4.78, 5) is 38.0. The number of unbranched alkanes of at least 4 members (excludes halogenated alkanes) is 38. The van der Waals surface area contributed by atoms with E-state index >= 15 is 0 Å². The Bertz CT molecular complexity index is 1140. The highest BCUT2D eigenvalue weighted by Gasteiger charge is 2.19. The SMILES string of the molecule is CCCCCCC/C=C\C/C=C\C/C=C\CCCCCCCCCCCCCCCCC(=O)OCC(COC(=O)CCCCCCCCCC)OC(=O)CCCCCCCCCCCCCCC. The molecule has 6 heteroatoms. The molecule has 0 aromatic carbocycles. The van der Waals surface area contributed by atoms with Crippen LogP contribution in [0.3, 0.4) is 0 Å². The molecule has 0 saturated carbocycles. The van der Waals surface area contributed by atoms with Crippen LogP contribution in [-0.4, -0.2) is 37.2 Å². The quantitative estimate of drug-likeness (QED) is 0.0262. The van der Waals surface area contributed by atoms with E-state index in [0.29, 0.717) is 19.3 Å². The Balaban J connectivity index is 4.06. The number of hydrogen-bond donors (Lipinski definition) is 0. The van der Waals surface area contributed by atoms with E-state index in [-0.39, 0.29) is 31.1 Å². The minimum Gasteiger partial charge on any atom is -0.462 e. The van der Waals surface area contributed by atoms with Gasteiger partial charge in [0, 0.05) is 19.3 Å². The van der Waals surface area contributed by atoms with Crippen LogP contribution in [0.25, 0.3) is 0 Å². The molecule has 0 saturated heterocycles. The Hall–Kier alpha value is -2.37. The third kappa shape index (κ3) is 54.6. The Morgan fingerprint density at radius 3 is 0.824 bits per heavy atom. The first-order valence-corrected chi connectivity index (χ1v) is 30.0. The van der Waals surface area contributed by atoms with Gasteiger partial charge in [0.05, 0.1) is 0 Å². The van der Waals surface area contributed by atoms with Crippen LogP contribution in [0.1, 0.15) is 323 Å². The van der Waals surface area contributed by atoms with Gasteiger partial charge in [-0.05, 0) is 57.8 Å². The minimum absolute atomic E-state index is 0.0672. The molecule has 1 atom stereocenters. The van der Waals surface area contributed by atoms with Gasteiger partial charge in [0.2, 0.25) is 0 Å². The van der Waals surface area contributed by atoms with Gasteiger partial charge in [0.15, 0.2) is 6.10 Å². The maximum atomic E-state index is 12.8. The fourth-order valence-electron chi connectivity index (χ4n) is 8.86. The number of hydrogen-bond acceptors (Lipinski definition) is 6. The van der Waals surface area contributed by atoms with Crippen LogP contribution < -0.4 is 0 Å². The molecule has 0 rings (SSSR count). The molecule has 0 fully saturated rings. The van der Waals surface area contributed by atoms with Gasteiger partial charge in [-0.15, -0.1) is 0 Å². The number of carbonyl (C=O) groups excluding carboxylic acids is 3. The molecule has 0 bridgehead atoms. The summed E-state index contributed by atoms with van der Waals surface area (Å²) in [5.74, 6) is -0.855. The molecule has 0 radical (unpaired) electrons. The monoisotopic (exact) mass is 955 g/mol. The highest BCUT2D eigenvalue weighted by molar-refractivity contribution is 5.71. The summed E-state index contributed by atoms with van der Waals surface area (Å²) in [5, 5.41) is 0. The Labute approximate surface area is 423 Å². The zero-order valence-electron chi connectivity index (χ0n) is 45.6. The molecular weight excluding hydrogens is 841 g/mol. The number of ether oxygens (including phenoxy) is 3. The lowest BCUT2D eigenvalue weighted by molar-refractivity contribution is -0.167. The second kappa shape index (κ2) is 57.2. The molecule has 1 unspecified atom stereocenters. The van der Waals surface area contributed by atoms with Crippen molar-refractivity contribution in [2.45, 2.75) is 329 Å². The third-order valence-corrected chi connectivity index (χ3v) is 13.4. The van der Waals surface area contributed by atoms with Crippen LogP contribution in [0.4, 0.5) is 0 Å². The summed E-state index contributed by atoms with van der Waals surface area (Å²) < 4.78 is 16.8. The van der Waals surface area contributed by atoms with E-state index in [0.717, 1.165) is 70.6 Å². The van der Waals surface area contributed by atoms with Crippen LogP contribution in [-0.2, 0) is 28.6 Å². The summed E-state index contributed by atoms with van der Waals surface area (Å²) in [5.41, 5.74) is 0. The first kappa shape index (κ1) is 65.6. The fourth-order valence-corrected chi connectivity index (χ4v) is 8.86. The highest BCUT2D eigenvalue weighted by atomic mass is 16.6. The zero-order valence-corrected chi connectivity index (χ0v) is 45.6. The van der Waals surface area contributed by atoms with E-state index in [4.69, 9.17) is 14.2 Å². The van der Waals surface area contributed by atoms with Crippen molar-refractivity contribution in [3.05, 3.63) is 36.5 Å². The molecule has 0 amide bonds. The molecule has 0 aliphatic rings. The Kier molecular flexibility index (Phi) is 55.2. The average Bonchev–Trinajstić information content (AvgIpc) is 3.34. The predicted octanol–water partition coefficient (Wildman–Crippen LogP) is 20.0. The first-order chi connectivity index (χ1) is 33.5. The van der Waals surface area contributed by atoms with Crippen LogP contribution in [0.15, 0.2) is 36.5 Å². The van der Waals surface area contributed by atoms with Crippen molar-refractivity contribution in [1.82, 2.24) is 0 Å². The van der Waals surface area contributed by atoms with Gasteiger partial charge in [-0.3, -0.25) is 14.4 Å². The lowest BCUT2D eigenvalue weighted by atomic mass is 10.0. The second-order valence-corrected chi connectivity index (χ2v) is 20.3. The maximum absolute atomic E-state index is 12.8. The standard InChI is InChI=1S/C62H114O6/c1-4-7-10-13-16-19-21-23-24-25-26-27-28-29-30-31-32-33-34-35-36-37-38-40-41-43-46-49-52-55-61(64)67-58-59(57-66-60(63)54-51-48-45-18-15-12-9-6-3)68-62(65)56-53-50-47-44-42-39-22-20-17-14-11-8-5-2/h21,23,25-26,28-29,59H,4-20,22,24,27,30-58H2,1-3H3/b23-21-,26-25-,29-28-. The van der Waals surface area contributed by atoms with Crippen molar-refractivity contribution in [1.29, 1.82) is 0 Å². The molecule has 0 aliphatic carbocycles. The van der Waals surface area contributed by atoms with Gasteiger partial charge in [-0.2, -0.15) is 0 Å². The molecule has 0 aliphatic heterocycles. The van der Waals surface area contributed by atoms with Crippen molar-refractivity contribution < 1.29 is 28.6 Å². The summed E-state index contributed by atoms with van der Waals surface area (Å²) in [6, 6.07) is 0. The van der Waals surface area contributed by atoms with Gasteiger partial charge in [-0.1, -0.05) is 282 Å². The minimum atomic E-state index is -0.765. The lowest BCUT2D eigenvalue weighted by Crippen LogP contribution is -2.30. The average molecular weight is 956 g/mol. The normalized spacial score (nSPS) is 12.2. The second-order valence-electron chi connectivity index (χ2n) is 20.3. The van der Waals surface area contributed by atoms with Crippen molar-refractivity contribution >= 4 is 17.9 Å². The van der Waals surface area contributed by atoms with Gasteiger partial charge < -0.3 is 14.2 Å². The lowest BCUT2D eigenvalue weighted by Gasteiger charge is -2.18. The van der Waals surface area contributed by atoms with E-state index in [1.54, 1.807) is 0 Å². The molecule has 0 aromatic heterocycles. The van der Waals surface area contributed by atoms with Gasteiger partial charge in [-0.25, -0.2) is 0 Å². The van der Waals surface area contributed by atoms with E-state index in [2.05, 4.69) is 57.2 Å². The van der Waals surface area contributed by atoms with E-state index in [1.807, 2.05) is 0 Å². The Morgan fingerprint density at radius 2 is 0.529 bits per heavy atom. The molecule has 0 heterocycles. The van der Waals surface area contributed by atoms with Crippen LogP contribution in [0.2, 0.25) is 0 Å². The van der Waals surface area contributed by atoms with E-state index in [1.165, 1.54) is 212 Å². The molecular formula is C62H114O6. The third-order valence-electron chi connectivity index (χ3n) is 13.4. The predicted molar refractivity (Wildman–Crippen MR) is 293 cm³/mol. The van der Waals surface area contributed by atoms with Crippen LogP contribution in [0, 0.1) is 0 Å². The van der Waals surface area contributed by atoms with Crippen LogP contribution >= 0.6 is 0 Å². The molecule has 6 nitrogen and oxygen atoms in total. The molecule has 0 N–H and O–H groups in total. The number of allylic oxidation sites excluding steroid dienone is 6. The maximum Gasteiger partial charge on any atom is 0.306 e. The van der Waals surface area contributed by atoms with Crippen molar-refractivity contribution in [3.8, 4) is 0 Å². The smallest absolute Gasteiger partial charge is 0.306 e. The van der Waals surface area contributed by atoms with Crippen molar-refractivity contribution in [3.63, 3.8) is 0 Å². The number of carbonyl (C=O) groups is 3. The summed E-state index contributed by atoms with van der Waals surface area (Å²) in [6.07, 6.45) is 68.8. The van der Waals surface area contributed by atoms with Crippen molar-refractivity contribution in [2.24, 2.45) is 0 Å². The fraction of sp³-hybridized carbons (Fsp3) is 0.855. The summed E-state index contributed by atoms with van der Waals surface area (Å²) in [6.45, 7) is 6.63. The largest absolute Gasteiger partial charge is 0.462 e. The molecule has 0 spiro atoms. The van der Waals surface area contributed by atoms with Gasteiger partial charge >= 0.3 is 17.9 Å². The van der Waals surface area contributed by atoms with E-state index in [9.17, 15) is 14.4 Å². The number of esters is 3. The highest BCUT2D eigenvalue weighted by Crippen LogP contribution is 2.17. The summed E-state index contributed by atoms with van der Waals surface area (Å²) >= 11 is 0. The first-order valence-electron chi connectivity index (χ1n) is 30.0. The summed E-state index contributed by atoms with van der Waals surface area (Å²) in [7, 11) is 0. The Morgan fingerprint density at radius 1 is 0.294 bits per heavy atom. The van der Waals surface area contributed by atoms with Crippen LogP contribution in [0.5, 0.6) is 0 Å². The molecule has 68 heavy (non-hydrogen) atoms.